The van der Waals surface area contributed by atoms with Crippen LogP contribution in [0.1, 0.15) is 29.9 Å². The van der Waals surface area contributed by atoms with Crippen molar-refractivity contribution in [1.82, 2.24) is 9.88 Å². The fourth-order valence-electron chi connectivity index (χ4n) is 1.95. The molecule has 1 aromatic rings. The van der Waals surface area contributed by atoms with Crippen LogP contribution in [0.3, 0.4) is 0 Å². The van der Waals surface area contributed by atoms with Crippen molar-refractivity contribution in [2.75, 3.05) is 13.2 Å². The first kappa shape index (κ1) is 12.2. The third kappa shape index (κ3) is 2.36. The summed E-state index contributed by atoms with van der Waals surface area (Å²) in [5, 5.41) is 2.76. The van der Waals surface area contributed by atoms with Gasteiger partial charge in [-0.2, -0.15) is 0 Å². The van der Waals surface area contributed by atoms with Crippen LogP contribution in [-0.2, 0) is 9.53 Å². The molecule has 92 valence electrons. The summed E-state index contributed by atoms with van der Waals surface area (Å²) in [4.78, 5) is 23.1. The number of ether oxygens (including phenoxy) is 1. The Hall–Kier alpha value is -1.30. The number of rotatable bonds is 3. The molecule has 6 heteroatoms. The summed E-state index contributed by atoms with van der Waals surface area (Å²) in [6, 6.07) is 3.45. The standard InChI is InChI=1S/C11H13BrN2O3/c1-2-17-10(15)5-7-6-13-11(16)8-3-4-9(12)14(7)8/h3-4,7H,2,5-6H2,1H3,(H,13,16). The van der Waals surface area contributed by atoms with Gasteiger partial charge in [0.15, 0.2) is 0 Å². The van der Waals surface area contributed by atoms with E-state index in [1.165, 1.54) is 0 Å². The minimum Gasteiger partial charge on any atom is -0.466 e. The van der Waals surface area contributed by atoms with Crippen LogP contribution in [0, 0.1) is 0 Å². The Labute approximate surface area is 107 Å². The molecule has 0 fully saturated rings. The van der Waals surface area contributed by atoms with Crippen molar-refractivity contribution in [3.05, 3.63) is 22.4 Å². The maximum absolute atomic E-state index is 11.6. The van der Waals surface area contributed by atoms with Gasteiger partial charge in [-0.25, -0.2) is 0 Å². The van der Waals surface area contributed by atoms with Crippen LogP contribution in [0.5, 0.6) is 0 Å². The van der Waals surface area contributed by atoms with Gasteiger partial charge in [0.05, 0.1) is 23.7 Å². The van der Waals surface area contributed by atoms with Crippen LogP contribution in [-0.4, -0.2) is 29.6 Å². The van der Waals surface area contributed by atoms with Crippen molar-refractivity contribution in [3.8, 4) is 0 Å². The maximum Gasteiger partial charge on any atom is 0.307 e. The number of hydrogen-bond acceptors (Lipinski definition) is 3. The first-order valence-electron chi connectivity index (χ1n) is 5.44. The van der Waals surface area contributed by atoms with Gasteiger partial charge in [0.1, 0.15) is 5.69 Å². The molecule has 0 bridgehead atoms. The molecule has 2 rings (SSSR count). The molecule has 1 atom stereocenters. The van der Waals surface area contributed by atoms with E-state index in [1.54, 1.807) is 19.1 Å². The van der Waals surface area contributed by atoms with Gasteiger partial charge in [-0.15, -0.1) is 0 Å². The largest absolute Gasteiger partial charge is 0.466 e. The SMILES string of the molecule is CCOC(=O)CC1CNC(=O)c2ccc(Br)n21. The summed E-state index contributed by atoms with van der Waals surface area (Å²) >= 11 is 3.38. The first-order valence-corrected chi connectivity index (χ1v) is 6.23. The number of nitrogens with one attached hydrogen (secondary N) is 1. The van der Waals surface area contributed by atoms with Crippen molar-refractivity contribution in [3.63, 3.8) is 0 Å². The van der Waals surface area contributed by atoms with E-state index in [2.05, 4.69) is 21.2 Å². The van der Waals surface area contributed by atoms with Gasteiger partial charge >= 0.3 is 5.97 Å². The van der Waals surface area contributed by atoms with E-state index in [9.17, 15) is 9.59 Å². The third-order valence-corrected chi connectivity index (χ3v) is 3.32. The van der Waals surface area contributed by atoms with Crippen LogP contribution in [0.25, 0.3) is 0 Å². The zero-order chi connectivity index (χ0) is 12.4. The Morgan fingerprint density at radius 2 is 2.41 bits per heavy atom. The van der Waals surface area contributed by atoms with Crippen molar-refractivity contribution in [1.29, 1.82) is 0 Å². The van der Waals surface area contributed by atoms with E-state index in [0.717, 1.165) is 4.60 Å². The molecule has 1 N–H and O–H groups in total. The number of nitrogens with zero attached hydrogens (tertiary/aromatic N) is 1. The van der Waals surface area contributed by atoms with Gasteiger partial charge in [0, 0.05) is 6.54 Å². The molecule has 17 heavy (non-hydrogen) atoms. The van der Waals surface area contributed by atoms with E-state index < -0.39 is 0 Å². The molecular formula is C11H13BrN2O3. The predicted molar refractivity (Wildman–Crippen MR) is 64.8 cm³/mol. The molecule has 0 saturated carbocycles. The second kappa shape index (κ2) is 4.91. The smallest absolute Gasteiger partial charge is 0.307 e. The van der Waals surface area contributed by atoms with Crippen molar-refractivity contribution >= 4 is 27.8 Å². The van der Waals surface area contributed by atoms with E-state index in [0.29, 0.717) is 18.8 Å². The number of aromatic nitrogens is 1. The molecule has 0 radical (unpaired) electrons. The fourth-order valence-corrected chi connectivity index (χ4v) is 2.56. The Balaban J connectivity index is 2.21. The van der Waals surface area contributed by atoms with Gasteiger partial charge in [-0.05, 0) is 35.0 Å². The zero-order valence-corrected chi connectivity index (χ0v) is 11.0. The normalized spacial score (nSPS) is 18.5. The minimum atomic E-state index is -0.250. The van der Waals surface area contributed by atoms with Crippen LogP contribution in [0.15, 0.2) is 16.7 Å². The average molecular weight is 301 g/mol. The molecule has 0 aromatic carbocycles. The molecule has 1 amide bonds. The lowest BCUT2D eigenvalue weighted by molar-refractivity contribution is -0.144. The Morgan fingerprint density at radius 1 is 1.65 bits per heavy atom. The van der Waals surface area contributed by atoms with E-state index in [-0.39, 0.29) is 24.3 Å². The highest BCUT2D eigenvalue weighted by atomic mass is 79.9. The maximum atomic E-state index is 11.6. The highest BCUT2D eigenvalue weighted by Crippen LogP contribution is 2.26. The van der Waals surface area contributed by atoms with Crippen LogP contribution >= 0.6 is 15.9 Å². The number of fused-ring (bicyclic) bond motifs is 1. The number of amides is 1. The van der Waals surface area contributed by atoms with Crippen LogP contribution in [0.2, 0.25) is 0 Å². The second-order valence-electron chi connectivity index (χ2n) is 3.78. The summed E-state index contributed by atoms with van der Waals surface area (Å²) in [7, 11) is 0. The monoisotopic (exact) mass is 300 g/mol. The van der Waals surface area contributed by atoms with Gasteiger partial charge in [0.2, 0.25) is 0 Å². The molecule has 1 aliphatic heterocycles. The summed E-state index contributed by atoms with van der Waals surface area (Å²) in [5.41, 5.74) is 0.567. The molecule has 0 spiro atoms. The molecule has 1 aliphatic rings. The van der Waals surface area contributed by atoms with Crippen LogP contribution in [0.4, 0.5) is 0 Å². The lowest BCUT2D eigenvalue weighted by atomic mass is 10.1. The first-order chi connectivity index (χ1) is 8.13. The lowest BCUT2D eigenvalue weighted by Crippen LogP contribution is -2.39. The zero-order valence-electron chi connectivity index (χ0n) is 9.40. The highest BCUT2D eigenvalue weighted by Gasteiger charge is 2.28. The third-order valence-electron chi connectivity index (χ3n) is 2.67. The van der Waals surface area contributed by atoms with Gasteiger partial charge in [0.25, 0.3) is 5.91 Å². The molecule has 0 saturated heterocycles. The number of carbonyl (C=O) groups is 2. The van der Waals surface area contributed by atoms with Crippen molar-refractivity contribution in [2.24, 2.45) is 0 Å². The van der Waals surface area contributed by atoms with Gasteiger partial charge < -0.3 is 14.6 Å². The number of esters is 1. The summed E-state index contributed by atoms with van der Waals surface area (Å²) < 4.78 is 7.55. The number of carbonyl (C=O) groups excluding carboxylic acids is 2. The molecule has 1 aromatic heterocycles. The second-order valence-corrected chi connectivity index (χ2v) is 4.60. The van der Waals surface area contributed by atoms with E-state index >= 15 is 0 Å². The Bertz CT molecular complexity index is 456. The quantitative estimate of drug-likeness (QED) is 0.860. The topological polar surface area (TPSA) is 60.3 Å². The van der Waals surface area contributed by atoms with E-state index in [4.69, 9.17) is 4.74 Å². The molecule has 2 heterocycles. The number of hydrogen-bond donors (Lipinski definition) is 1. The summed E-state index contributed by atoms with van der Waals surface area (Å²) in [6.45, 7) is 2.59. The fraction of sp³-hybridized carbons (Fsp3) is 0.455. The van der Waals surface area contributed by atoms with Crippen molar-refractivity contribution in [2.45, 2.75) is 19.4 Å². The number of halogens is 1. The highest BCUT2D eigenvalue weighted by molar-refractivity contribution is 9.10. The average Bonchev–Trinajstić information content (AvgIpc) is 2.66. The summed E-state index contributed by atoms with van der Waals surface area (Å²) in [5.74, 6) is -0.365. The lowest BCUT2D eigenvalue weighted by Gasteiger charge is -2.26. The molecule has 5 nitrogen and oxygen atoms in total. The molecular weight excluding hydrogens is 288 g/mol. The van der Waals surface area contributed by atoms with Crippen molar-refractivity contribution < 1.29 is 14.3 Å². The summed E-state index contributed by atoms with van der Waals surface area (Å²) in [6.07, 6.45) is 0.258. The van der Waals surface area contributed by atoms with Gasteiger partial charge in [-0.1, -0.05) is 0 Å². The minimum absolute atomic E-state index is 0.0916. The van der Waals surface area contributed by atoms with E-state index in [1.807, 2.05) is 4.57 Å². The van der Waals surface area contributed by atoms with Gasteiger partial charge in [-0.3, -0.25) is 9.59 Å². The Morgan fingerprint density at radius 3 is 3.12 bits per heavy atom. The van der Waals surface area contributed by atoms with Crippen LogP contribution < -0.4 is 5.32 Å². The molecule has 0 aliphatic carbocycles. The predicted octanol–water partition coefficient (Wildman–Crippen LogP) is 1.49. The molecule has 1 unspecified atom stereocenters. The Kier molecular flexibility index (Phi) is 3.51.